The number of esters is 1. The average molecular weight is 345 g/mol. The van der Waals surface area contributed by atoms with Gasteiger partial charge in [0.05, 0.1) is 12.7 Å². The molecular formula is C16H21F2NO3S. The molecule has 0 aliphatic rings. The minimum atomic E-state index is -2.43. The zero-order valence-corrected chi connectivity index (χ0v) is 14.5. The Morgan fingerprint density at radius 1 is 1.30 bits per heavy atom. The van der Waals surface area contributed by atoms with E-state index in [1.807, 2.05) is 13.8 Å². The van der Waals surface area contributed by atoms with Crippen molar-refractivity contribution >= 4 is 24.0 Å². The first kappa shape index (κ1) is 19.6. The second kappa shape index (κ2) is 8.40. The zero-order chi connectivity index (χ0) is 17.6. The van der Waals surface area contributed by atoms with Crippen molar-refractivity contribution in [3.05, 3.63) is 34.9 Å². The fraction of sp³-hybridized carbons (Fsp3) is 0.500. The normalized spacial score (nSPS) is 13.7. The molecule has 0 fully saturated rings. The Morgan fingerprint density at radius 2 is 1.91 bits per heavy atom. The molecule has 0 heterocycles. The van der Waals surface area contributed by atoms with Crippen molar-refractivity contribution in [2.45, 2.75) is 32.2 Å². The number of nitrogens with zero attached hydrogens (tertiary/aromatic N) is 1. The van der Waals surface area contributed by atoms with Gasteiger partial charge in [0.25, 0.3) is 5.00 Å². The highest BCUT2D eigenvalue weighted by atomic mass is 32.2. The Kier molecular flexibility index (Phi) is 7.15. The second-order valence-electron chi connectivity index (χ2n) is 5.04. The summed E-state index contributed by atoms with van der Waals surface area (Å²) in [4.78, 5) is 23.1. The van der Waals surface area contributed by atoms with Crippen LogP contribution in [0.15, 0.2) is 18.2 Å². The maximum absolute atomic E-state index is 15.3. The van der Waals surface area contributed by atoms with Crippen molar-refractivity contribution in [2.24, 2.45) is 0 Å². The molecule has 0 N–H and O–H groups in total. The van der Waals surface area contributed by atoms with Crippen molar-refractivity contribution in [1.29, 1.82) is 0 Å². The van der Waals surface area contributed by atoms with Crippen LogP contribution < -0.4 is 0 Å². The van der Waals surface area contributed by atoms with Gasteiger partial charge in [0, 0.05) is 19.5 Å². The molecule has 0 bridgehead atoms. The van der Waals surface area contributed by atoms with Gasteiger partial charge >= 0.3 is 12.0 Å². The van der Waals surface area contributed by atoms with Crippen LogP contribution in [0.2, 0.25) is 0 Å². The van der Waals surface area contributed by atoms with E-state index in [1.54, 1.807) is 17.3 Å². The van der Waals surface area contributed by atoms with Gasteiger partial charge in [-0.25, -0.2) is 13.5 Å². The Balaban J connectivity index is 3.21. The molecular weight excluding hydrogens is 324 g/mol. The third kappa shape index (κ3) is 5.00. The Morgan fingerprint density at radius 3 is 2.39 bits per heavy atom. The summed E-state index contributed by atoms with van der Waals surface area (Å²) in [6.07, 6.45) is -0.452. The quantitative estimate of drug-likeness (QED) is 0.410. The number of ether oxygens (including phenoxy) is 1. The molecule has 0 aliphatic carbocycles. The van der Waals surface area contributed by atoms with Crippen LogP contribution in [0.4, 0.5) is 8.78 Å². The van der Waals surface area contributed by atoms with Gasteiger partial charge in [-0.05, 0) is 30.5 Å². The first-order valence-electron chi connectivity index (χ1n) is 7.28. The molecule has 1 unspecified atom stereocenters. The third-order valence-electron chi connectivity index (χ3n) is 3.36. The van der Waals surface area contributed by atoms with Crippen molar-refractivity contribution in [3.8, 4) is 0 Å². The van der Waals surface area contributed by atoms with Crippen molar-refractivity contribution < 1.29 is 23.1 Å². The van der Waals surface area contributed by atoms with E-state index in [2.05, 4.69) is 4.74 Å². The first-order valence-corrected chi connectivity index (χ1v) is 8.05. The second-order valence-corrected chi connectivity index (χ2v) is 6.38. The molecule has 0 spiro atoms. The largest absolute Gasteiger partial charge is 0.466 e. The summed E-state index contributed by atoms with van der Waals surface area (Å²) in [5.74, 6) is -1.06. The standard InChI is InChI=1S/C16H21F2NO3S/c1-5-19(6-2)23-16(18,15(21)22-4)10-12-8-7-11(3)9-13(12)14(17)20/h7-9H,5-6,10H2,1-4H3. The van der Waals surface area contributed by atoms with Crippen LogP contribution in [0.1, 0.15) is 35.3 Å². The lowest BCUT2D eigenvalue weighted by molar-refractivity contribution is -0.148. The van der Waals surface area contributed by atoms with E-state index in [4.69, 9.17) is 0 Å². The predicted molar refractivity (Wildman–Crippen MR) is 86.7 cm³/mol. The number of halogens is 2. The molecule has 4 nitrogen and oxygen atoms in total. The number of carbonyl (C=O) groups is 2. The highest BCUT2D eigenvalue weighted by Gasteiger charge is 2.43. The van der Waals surface area contributed by atoms with Crippen LogP contribution >= 0.6 is 11.9 Å². The zero-order valence-electron chi connectivity index (χ0n) is 13.7. The summed E-state index contributed by atoms with van der Waals surface area (Å²) in [5, 5.41) is -2.43. The van der Waals surface area contributed by atoms with Crippen molar-refractivity contribution in [2.75, 3.05) is 20.2 Å². The summed E-state index contributed by atoms with van der Waals surface area (Å²) in [5.41, 5.74) is 0.584. The molecule has 0 radical (unpaired) electrons. The lowest BCUT2D eigenvalue weighted by Gasteiger charge is -2.28. The fourth-order valence-electron chi connectivity index (χ4n) is 2.12. The van der Waals surface area contributed by atoms with E-state index in [0.717, 1.165) is 7.11 Å². The molecule has 0 aromatic heterocycles. The minimum Gasteiger partial charge on any atom is -0.466 e. The summed E-state index contributed by atoms with van der Waals surface area (Å²) in [7, 11) is 1.09. The van der Waals surface area contributed by atoms with Gasteiger partial charge in [-0.3, -0.25) is 4.79 Å². The molecule has 1 atom stereocenters. The average Bonchev–Trinajstić information content (AvgIpc) is 2.53. The number of hydrogen-bond acceptors (Lipinski definition) is 5. The van der Waals surface area contributed by atoms with Crippen LogP contribution in [0.5, 0.6) is 0 Å². The topological polar surface area (TPSA) is 46.6 Å². The Bertz CT molecular complexity index is 578. The van der Waals surface area contributed by atoms with Crippen molar-refractivity contribution in [3.63, 3.8) is 0 Å². The first-order chi connectivity index (χ1) is 10.8. The molecule has 0 saturated heterocycles. The lowest BCUT2D eigenvalue weighted by Crippen LogP contribution is -2.38. The highest BCUT2D eigenvalue weighted by Crippen LogP contribution is 2.36. The smallest absolute Gasteiger partial charge is 0.356 e. The van der Waals surface area contributed by atoms with Crippen LogP contribution in [0.3, 0.4) is 0 Å². The number of methoxy groups -OCH3 is 1. The van der Waals surface area contributed by atoms with Crippen LogP contribution in [-0.4, -0.2) is 41.5 Å². The van der Waals surface area contributed by atoms with Crippen molar-refractivity contribution in [1.82, 2.24) is 4.31 Å². The Labute approximate surface area is 139 Å². The fourth-order valence-corrected chi connectivity index (χ4v) is 3.17. The Hall–Kier alpha value is -1.47. The summed E-state index contributed by atoms with van der Waals surface area (Å²) >= 11 is 0.703. The van der Waals surface area contributed by atoms with E-state index < -0.39 is 23.4 Å². The summed E-state index contributed by atoms with van der Waals surface area (Å²) < 4.78 is 34.7. The van der Waals surface area contributed by atoms with Gasteiger partial charge in [-0.2, -0.15) is 4.39 Å². The van der Waals surface area contributed by atoms with E-state index in [9.17, 15) is 14.0 Å². The molecule has 1 rings (SSSR count). The molecule has 7 heteroatoms. The molecule has 128 valence electrons. The maximum atomic E-state index is 15.3. The summed E-state index contributed by atoms with van der Waals surface area (Å²) in [6, 6.07) is 2.80. The molecule has 1 aromatic rings. The SMILES string of the molecule is CCN(CC)SC(F)(Cc1ccc(C)cc1C(=O)F)C(=O)OC. The maximum Gasteiger partial charge on any atom is 0.356 e. The predicted octanol–water partition coefficient (Wildman–Crippen LogP) is 3.48. The number of benzene rings is 1. The van der Waals surface area contributed by atoms with E-state index >= 15 is 4.39 Å². The summed E-state index contributed by atoms with van der Waals surface area (Å²) in [6.45, 7) is 6.40. The monoisotopic (exact) mass is 345 g/mol. The van der Waals surface area contributed by atoms with Gasteiger partial charge < -0.3 is 4.74 Å². The van der Waals surface area contributed by atoms with Crippen LogP contribution in [0.25, 0.3) is 0 Å². The van der Waals surface area contributed by atoms with Crippen LogP contribution in [0, 0.1) is 6.92 Å². The molecule has 0 aliphatic heterocycles. The van der Waals surface area contributed by atoms with Gasteiger partial charge in [-0.1, -0.05) is 31.5 Å². The van der Waals surface area contributed by atoms with Gasteiger partial charge in [0.1, 0.15) is 0 Å². The molecule has 0 saturated carbocycles. The van der Waals surface area contributed by atoms with E-state index in [1.165, 1.54) is 12.1 Å². The van der Waals surface area contributed by atoms with E-state index in [0.29, 0.717) is 30.6 Å². The number of hydrogen-bond donors (Lipinski definition) is 0. The number of alkyl halides is 1. The highest BCUT2D eigenvalue weighted by molar-refractivity contribution is 7.99. The molecule has 0 amide bonds. The molecule has 23 heavy (non-hydrogen) atoms. The van der Waals surface area contributed by atoms with E-state index in [-0.39, 0.29) is 11.1 Å². The lowest BCUT2D eigenvalue weighted by atomic mass is 10.00. The van der Waals surface area contributed by atoms with Gasteiger partial charge in [-0.15, -0.1) is 0 Å². The van der Waals surface area contributed by atoms with Gasteiger partial charge in [0.15, 0.2) is 0 Å². The third-order valence-corrected chi connectivity index (χ3v) is 4.74. The number of rotatable bonds is 8. The number of carbonyl (C=O) groups excluding carboxylic acids is 2. The number of aryl methyl sites for hydroxylation is 1. The minimum absolute atomic E-state index is 0.135. The van der Waals surface area contributed by atoms with Gasteiger partial charge in [0.2, 0.25) is 0 Å². The molecule has 1 aromatic carbocycles. The van der Waals surface area contributed by atoms with Crippen LogP contribution in [-0.2, 0) is 16.0 Å².